The summed E-state index contributed by atoms with van der Waals surface area (Å²) < 4.78 is 4.94. The second-order valence-electron chi connectivity index (χ2n) is 3.98. The van der Waals surface area contributed by atoms with Crippen LogP contribution >= 0.6 is 0 Å². The molecule has 2 rings (SSSR count). The molecule has 1 heterocycles. The molecule has 1 aromatic heterocycles. The lowest BCUT2D eigenvalue weighted by Gasteiger charge is -2.07. The second-order valence-corrected chi connectivity index (χ2v) is 3.98. The Morgan fingerprint density at radius 3 is 3.00 bits per heavy atom. The molecule has 0 aliphatic heterocycles. The number of ether oxygens (including phenoxy) is 1. The molecule has 94 valence electrons. The van der Waals surface area contributed by atoms with Crippen LogP contribution in [0.2, 0.25) is 0 Å². The van der Waals surface area contributed by atoms with Gasteiger partial charge < -0.3 is 10.1 Å². The van der Waals surface area contributed by atoms with Crippen molar-refractivity contribution in [2.75, 3.05) is 20.3 Å². The zero-order valence-corrected chi connectivity index (χ0v) is 10.3. The Hall–Kier alpha value is -1.94. The number of carbonyl (C=O) groups is 1. The van der Waals surface area contributed by atoms with Crippen molar-refractivity contribution in [3.63, 3.8) is 0 Å². The fraction of sp³-hybridized carbons (Fsp3) is 0.286. The summed E-state index contributed by atoms with van der Waals surface area (Å²) in [6.07, 6.45) is 2.47. The number of hydrogen-bond donors (Lipinski definition) is 1. The van der Waals surface area contributed by atoms with Crippen molar-refractivity contribution in [1.82, 2.24) is 10.3 Å². The van der Waals surface area contributed by atoms with Gasteiger partial charge in [-0.1, -0.05) is 18.2 Å². The number of para-hydroxylation sites is 1. The summed E-state index contributed by atoms with van der Waals surface area (Å²) in [5.74, 6) is -0.0651. The SMILES string of the molecule is COCCCNC(=O)c1ccnc2ccccc12. The van der Waals surface area contributed by atoms with Crippen LogP contribution < -0.4 is 5.32 Å². The quantitative estimate of drug-likeness (QED) is 0.818. The van der Waals surface area contributed by atoms with E-state index in [1.165, 1.54) is 0 Å². The number of methoxy groups -OCH3 is 1. The summed E-state index contributed by atoms with van der Waals surface area (Å²) in [7, 11) is 1.65. The molecule has 0 saturated heterocycles. The van der Waals surface area contributed by atoms with Crippen molar-refractivity contribution in [3.05, 3.63) is 42.1 Å². The molecule has 4 heteroatoms. The minimum atomic E-state index is -0.0651. The Labute approximate surface area is 106 Å². The highest BCUT2D eigenvalue weighted by atomic mass is 16.5. The highest BCUT2D eigenvalue weighted by Crippen LogP contribution is 2.15. The third-order valence-corrected chi connectivity index (χ3v) is 2.70. The Bertz CT molecular complexity index is 535. The van der Waals surface area contributed by atoms with Crippen molar-refractivity contribution >= 4 is 16.8 Å². The van der Waals surface area contributed by atoms with Gasteiger partial charge in [0.05, 0.1) is 11.1 Å². The Kier molecular flexibility index (Phi) is 4.25. The predicted octanol–water partition coefficient (Wildman–Crippen LogP) is 2.00. The van der Waals surface area contributed by atoms with E-state index in [9.17, 15) is 4.79 Å². The molecular formula is C14H16N2O2. The smallest absolute Gasteiger partial charge is 0.252 e. The molecule has 0 radical (unpaired) electrons. The van der Waals surface area contributed by atoms with Gasteiger partial charge in [-0.2, -0.15) is 0 Å². The number of carbonyl (C=O) groups excluding carboxylic acids is 1. The molecule has 0 aliphatic carbocycles. The van der Waals surface area contributed by atoms with Gasteiger partial charge in [0.15, 0.2) is 0 Å². The van der Waals surface area contributed by atoms with E-state index in [4.69, 9.17) is 4.74 Å². The molecule has 1 N–H and O–H groups in total. The Morgan fingerprint density at radius 2 is 2.17 bits per heavy atom. The number of benzene rings is 1. The van der Waals surface area contributed by atoms with E-state index < -0.39 is 0 Å². The lowest BCUT2D eigenvalue weighted by molar-refractivity contribution is 0.0950. The minimum Gasteiger partial charge on any atom is -0.385 e. The van der Waals surface area contributed by atoms with Crippen LogP contribution in [-0.2, 0) is 4.74 Å². The van der Waals surface area contributed by atoms with Crippen LogP contribution in [0.1, 0.15) is 16.8 Å². The zero-order chi connectivity index (χ0) is 12.8. The van der Waals surface area contributed by atoms with Crippen molar-refractivity contribution in [3.8, 4) is 0 Å². The van der Waals surface area contributed by atoms with Gasteiger partial charge in [-0.15, -0.1) is 0 Å². The Balaban J connectivity index is 2.13. The topological polar surface area (TPSA) is 51.2 Å². The second kappa shape index (κ2) is 6.12. The maximum Gasteiger partial charge on any atom is 0.252 e. The maximum absolute atomic E-state index is 12.0. The zero-order valence-electron chi connectivity index (χ0n) is 10.3. The van der Waals surface area contributed by atoms with Crippen LogP contribution in [0.5, 0.6) is 0 Å². The molecule has 18 heavy (non-hydrogen) atoms. The van der Waals surface area contributed by atoms with Gasteiger partial charge in [0, 0.05) is 31.8 Å². The first-order valence-corrected chi connectivity index (χ1v) is 5.94. The van der Waals surface area contributed by atoms with Crippen LogP contribution in [0.25, 0.3) is 10.9 Å². The lowest BCUT2D eigenvalue weighted by Crippen LogP contribution is -2.25. The molecule has 0 fully saturated rings. The van der Waals surface area contributed by atoms with E-state index in [1.807, 2.05) is 24.3 Å². The van der Waals surface area contributed by atoms with Gasteiger partial charge in [-0.25, -0.2) is 0 Å². The maximum atomic E-state index is 12.0. The van der Waals surface area contributed by atoms with Crippen LogP contribution in [0, 0.1) is 0 Å². The van der Waals surface area contributed by atoms with E-state index in [0.717, 1.165) is 17.3 Å². The lowest BCUT2D eigenvalue weighted by atomic mass is 10.1. The van der Waals surface area contributed by atoms with Gasteiger partial charge in [-0.05, 0) is 18.6 Å². The van der Waals surface area contributed by atoms with Crippen molar-refractivity contribution in [2.45, 2.75) is 6.42 Å². The van der Waals surface area contributed by atoms with Gasteiger partial charge in [-0.3, -0.25) is 9.78 Å². The Morgan fingerprint density at radius 1 is 1.33 bits per heavy atom. The standard InChI is InChI=1S/C14H16N2O2/c1-18-10-4-8-16-14(17)12-7-9-15-13-6-3-2-5-11(12)13/h2-3,5-7,9H,4,8,10H2,1H3,(H,16,17). The normalized spacial score (nSPS) is 10.5. The summed E-state index contributed by atoms with van der Waals surface area (Å²) in [6.45, 7) is 1.26. The van der Waals surface area contributed by atoms with E-state index >= 15 is 0 Å². The summed E-state index contributed by atoms with van der Waals surface area (Å²) in [4.78, 5) is 16.3. The monoisotopic (exact) mass is 244 g/mol. The van der Waals surface area contributed by atoms with Gasteiger partial charge in [0.1, 0.15) is 0 Å². The average Bonchev–Trinajstić information content (AvgIpc) is 2.43. The molecule has 0 unspecified atom stereocenters. The molecule has 1 amide bonds. The molecular weight excluding hydrogens is 228 g/mol. The highest BCUT2D eigenvalue weighted by molar-refractivity contribution is 6.05. The van der Waals surface area contributed by atoms with Crippen molar-refractivity contribution in [2.24, 2.45) is 0 Å². The molecule has 0 spiro atoms. The molecule has 4 nitrogen and oxygen atoms in total. The van der Waals surface area contributed by atoms with E-state index in [1.54, 1.807) is 19.4 Å². The summed E-state index contributed by atoms with van der Waals surface area (Å²) in [6, 6.07) is 9.37. The fourth-order valence-corrected chi connectivity index (χ4v) is 1.81. The first-order chi connectivity index (χ1) is 8.83. The average molecular weight is 244 g/mol. The number of pyridine rings is 1. The summed E-state index contributed by atoms with van der Waals surface area (Å²) in [5.41, 5.74) is 1.50. The van der Waals surface area contributed by atoms with Gasteiger partial charge in [0.2, 0.25) is 0 Å². The van der Waals surface area contributed by atoms with Crippen LogP contribution in [0.4, 0.5) is 0 Å². The number of amides is 1. The number of hydrogen-bond acceptors (Lipinski definition) is 3. The van der Waals surface area contributed by atoms with E-state index in [-0.39, 0.29) is 5.91 Å². The highest BCUT2D eigenvalue weighted by Gasteiger charge is 2.09. The van der Waals surface area contributed by atoms with Gasteiger partial charge in [0.25, 0.3) is 5.91 Å². The van der Waals surface area contributed by atoms with Crippen LogP contribution in [-0.4, -0.2) is 31.2 Å². The molecule has 0 bridgehead atoms. The van der Waals surface area contributed by atoms with Crippen molar-refractivity contribution in [1.29, 1.82) is 0 Å². The van der Waals surface area contributed by atoms with Crippen molar-refractivity contribution < 1.29 is 9.53 Å². The number of fused-ring (bicyclic) bond motifs is 1. The molecule has 2 aromatic rings. The fourth-order valence-electron chi connectivity index (χ4n) is 1.81. The molecule has 0 atom stereocenters. The molecule has 0 saturated carbocycles. The molecule has 1 aromatic carbocycles. The summed E-state index contributed by atoms with van der Waals surface area (Å²) >= 11 is 0. The molecule has 0 aliphatic rings. The number of rotatable bonds is 5. The van der Waals surface area contributed by atoms with Crippen LogP contribution in [0.3, 0.4) is 0 Å². The predicted molar refractivity (Wildman–Crippen MR) is 70.6 cm³/mol. The first kappa shape index (κ1) is 12.5. The van der Waals surface area contributed by atoms with E-state index in [2.05, 4.69) is 10.3 Å². The van der Waals surface area contributed by atoms with Crippen LogP contribution in [0.15, 0.2) is 36.5 Å². The number of nitrogens with zero attached hydrogens (tertiary/aromatic N) is 1. The third-order valence-electron chi connectivity index (χ3n) is 2.70. The number of nitrogens with one attached hydrogen (secondary N) is 1. The third kappa shape index (κ3) is 2.84. The summed E-state index contributed by atoms with van der Waals surface area (Å²) in [5, 5.41) is 3.76. The first-order valence-electron chi connectivity index (χ1n) is 5.94. The minimum absolute atomic E-state index is 0.0651. The largest absolute Gasteiger partial charge is 0.385 e. The van der Waals surface area contributed by atoms with E-state index in [0.29, 0.717) is 18.7 Å². The number of aromatic nitrogens is 1. The van der Waals surface area contributed by atoms with Gasteiger partial charge >= 0.3 is 0 Å².